The predicted octanol–water partition coefficient (Wildman–Crippen LogP) is 2.98. The fourth-order valence-corrected chi connectivity index (χ4v) is 2.21. The largest absolute Gasteiger partial charge is 2.00 e. The standard InChI is InChI=1S/C17H10N4O2.Pt/c1-3-12(20-14(5-1)16-8-18-10-22-16)7-13-4-2-6-15(21-13)17-9-19-11-23-17;/h1-6,10-11H,7H2;/q-2;+2. The molecular formula is C17H10N4O2Pt. The Bertz CT molecular complexity index is 832. The summed E-state index contributed by atoms with van der Waals surface area (Å²) >= 11 is 0. The first kappa shape index (κ1) is 16.3. The molecule has 0 saturated carbocycles. The molecule has 120 valence electrons. The molecule has 0 aliphatic rings. The molecule has 4 heterocycles. The zero-order valence-corrected chi connectivity index (χ0v) is 14.5. The molecule has 0 unspecified atom stereocenters. The van der Waals surface area contributed by atoms with Crippen LogP contribution in [0.5, 0.6) is 0 Å². The van der Waals surface area contributed by atoms with Crippen molar-refractivity contribution in [3.8, 4) is 22.9 Å². The topological polar surface area (TPSA) is 77.8 Å². The Morgan fingerprint density at radius 1 is 0.750 bits per heavy atom. The summed E-state index contributed by atoms with van der Waals surface area (Å²) in [6.07, 6.45) is 8.77. The van der Waals surface area contributed by atoms with Gasteiger partial charge in [-0.1, -0.05) is 24.3 Å². The van der Waals surface area contributed by atoms with Crippen LogP contribution in [0.3, 0.4) is 0 Å². The third-order valence-electron chi connectivity index (χ3n) is 3.22. The van der Waals surface area contributed by atoms with Gasteiger partial charge in [0.2, 0.25) is 0 Å². The van der Waals surface area contributed by atoms with Crippen molar-refractivity contribution in [2.45, 2.75) is 6.42 Å². The Hall–Kier alpha value is -2.59. The van der Waals surface area contributed by atoms with Gasteiger partial charge in [0.1, 0.15) is 0 Å². The smallest absolute Gasteiger partial charge is 0.525 e. The van der Waals surface area contributed by atoms with Crippen LogP contribution in [0.1, 0.15) is 11.4 Å². The molecule has 0 aliphatic carbocycles. The first-order valence-electron chi connectivity index (χ1n) is 6.93. The van der Waals surface area contributed by atoms with Crippen molar-refractivity contribution < 1.29 is 29.9 Å². The van der Waals surface area contributed by atoms with E-state index in [-0.39, 0.29) is 21.1 Å². The van der Waals surface area contributed by atoms with Crippen molar-refractivity contribution in [3.05, 3.63) is 73.0 Å². The van der Waals surface area contributed by atoms with Gasteiger partial charge in [0.05, 0.1) is 12.8 Å². The van der Waals surface area contributed by atoms with Gasteiger partial charge in [0.15, 0.2) is 0 Å². The molecule has 4 aromatic heterocycles. The molecule has 0 radical (unpaired) electrons. The molecule has 6 nitrogen and oxygen atoms in total. The molecule has 0 bridgehead atoms. The fourth-order valence-electron chi connectivity index (χ4n) is 2.21. The van der Waals surface area contributed by atoms with Gasteiger partial charge in [-0.3, -0.25) is 0 Å². The minimum atomic E-state index is 0. The van der Waals surface area contributed by atoms with Crippen molar-refractivity contribution in [1.29, 1.82) is 0 Å². The Balaban J connectivity index is 0.00000169. The predicted molar refractivity (Wildman–Crippen MR) is 79.9 cm³/mol. The third-order valence-corrected chi connectivity index (χ3v) is 3.22. The van der Waals surface area contributed by atoms with E-state index < -0.39 is 0 Å². The first-order chi connectivity index (χ1) is 11.4. The van der Waals surface area contributed by atoms with Crippen molar-refractivity contribution in [2.24, 2.45) is 0 Å². The Morgan fingerprint density at radius 2 is 1.25 bits per heavy atom. The maximum Gasteiger partial charge on any atom is 2.00 e. The molecule has 0 atom stereocenters. The normalized spacial score (nSPS) is 10.3. The van der Waals surface area contributed by atoms with Crippen LogP contribution in [0.15, 0.2) is 58.0 Å². The van der Waals surface area contributed by atoms with E-state index in [4.69, 9.17) is 8.83 Å². The van der Waals surface area contributed by atoms with Gasteiger partial charge in [-0.2, -0.15) is 0 Å². The molecule has 0 amide bonds. The molecule has 4 aromatic rings. The monoisotopic (exact) mass is 497 g/mol. The van der Waals surface area contributed by atoms with E-state index in [9.17, 15) is 0 Å². The average molecular weight is 497 g/mol. The van der Waals surface area contributed by atoms with Crippen LogP contribution in [0, 0.1) is 12.4 Å². The quantitative estimate of drug-likeness (QED) is 0.404. The van der Waals surface area contributed by atoms with Crippen LogP contribution in [-0.4, -0.2) is 19.9 Å². The van der Waals surface area contributed by atoms with E-state index in [1.165, 1.54) is 12.8 Å². The SMILES string of the molecule is [Pt+2].[c-]1ncoc1-c1cccc(Cc2cccc(-c3[c-]nco3)n2)n1. The van der Waals surface area contributed by atoms with E-state index >= 15 is 0 Å². The molecule has 0 aromatic carbocycles. The molecular weight excluding hydrogens is 487 g/mol. The summed E-state index contributed by atoms with van der Waals surface area (Å²) in [5.74, 6) is 1.04. The molecule has 7 heteroatoms. The number of rotatable bonds is 4. The van der Waals surface area contributed by atoms with Gasteiger partial charge in [0, 0.05) is 40.7 Å². The Labute approximate surface area is 152 Å². The zero-order chi connectivity index (χ0) is 15.5. The maximum absolute atomic E-state index is 5.22. The summed E-state index contributed by atoms with van der Waals surface area (Å²) < 4.78 is 10.4. The molecule has 0 spiro atoms. The van der Waals surface area contributed by atoms with Crippen LogP contribution in [0.25, 0.3) is 22.9 Å². The fraction of sp³-hybridized carbons (Fsp3) is 0.0588. The second-order valence-electron chi connectivity index (χ2n) is 4.79. The molecule has 0 saturated heterocycles. The van der Waals surface area contributed by atoms with Crippen molar-refractivity contribution >= 4 is 0 Å². The number of nitrogens with zero attached hydrogens (tertiary/aromatic N) is 4. The van der Waals surface area contributed by atoms with Gasteiger partial charge in [-0.25, -0.2) is 0 Å². The molecule has 0 aliphatic heterocycles. The molecule has 0 N–H and O–H groups in total. The van der Waals surface area contributed by atoms with Crippen LogP contribution in [-0.2, 0) is 27.5 Å². The first-order valence-corrected chi connectivity index (χ1v) is 6.93. The Morgan fingerprint density at radius 3 is 1.67 bits per heavy atom. The summed E-state index contributed by atoms with van der Waals surface area (Å²) in [6, 6.07) is 11.4. The number of oxazole rings is 2. The van der Waals surface area contributed by atoms with Crippen molar-refractivity contribution in [3.63, 3.8) is 0 Å². The minimum absolute atomic E-state index is 0. The maximum atomic E-state index is 5.22. The van der Waals surface area contributed by atoms with Crippen LogP contribution < -0.4 is 0 Å². The molecule has 4 rings (SSSR count). The number of hydrogen-bond acceptors (Lipinski definition) is 6. The minimum Gasteiger partial charge on any atom is -0.525 e. The third kappa shape index (κ3) is 3.49. The summed E-state index contributed by atoms with van der Waals surface area (Å²) in [5, 5.41) is 0. The number of hydrogen-bond donors (Lipinski definition) is 0. The summed E-state index contributed by atoms with van der Waals surface area (Å²) in [4.78, 5) is 16.7. The van der Waals surface area contributed by atoms with Crippen LogP contribution >= 0.6 is 0 Å². The molecule has 24 heavy (non-hydrogen) atoms. The van der Waals surface area contributed by atoms with Crippen LogP contribution in [0.4, 0.5) is 0 Å². The van der Waals surface area contributed by atoms with Crippen molar-refractivity contribution in [1.82, 2.24) is 19.9 Å². The summed E-state index contributed by atoms with van der Waals surface area (Å²) in [5.41, 5.74) is 3.14. The average Bonchev–Trinajstić information content (AvgIpc) is 3.29. The van der Waals surface area contributed by atoms with Gasteiger partial charge in [0.25, 0.3) is 0 Å². The second-order valence-corrected chi connectivity index (χ2v) is 4.79. The molecule has 0 fully saturated rings. The Kier molecular flexibility index (Phi) is 4.96. The van der Waals surface area contributed by atoms with Gasteiger partial charge >= 0.3 is 21.1 Å². The number of aromatic nitrogens is 4. The summed E-state index contributed by atoms with van der Waals surface area (Å²) in [7, 11) is 0. The van der Waals surface area contributed by atoms with Gasteiger partial charge in [-0.15, -0.1) is 0 Å². The van der Waals surface area contributed by atoms with E-state index in [1.807, 2.05) is 36.4 Å². The van der Waals surface area contributed by atoms with Crippen molar-refractivity contribution in [2.75, 3.05) is 0 Å². The van der Waals surface area contributed by atoms with Gasteiger partial charge < -0.3 is 28.8 Å². The second kappa shape index (κ2) is 7.32. The number of pyridine rings is 2. The van der Waals surface area contributed by atoms with E-state index in [1.54, 1.807) is 0 Å². The van der Waals surface area contributed by atoms with E-state index in [0.717, 1.165) is 11.4 Å². The van der Waals surface area contributed by atoms with Gasteiger partial charge in [-0.05, 0) is 24.5 Å². The van der Waals surface area contributed by atoms with Crippen LogP contribution in [0.2, 0.25) is 0 Å². The van der Waals surface area contributed by atoms with E-state index in [2.05, 4.69) is 32.3 Å². The summed E-state index contributed by atoms with van der Waals surface area (Å²) in [6.45, 7) is 0. The zero-order valence-electron chi connectivity index (χ0n) is 12.2. The van der Waals surface area contributed by atoms with E-state index in [0.29, 0.717) is 29.3 Å².